The van der Waals surface area contributed by atoms with Crippen LogP contribution in [0.5, 0.6) is 0 Å². The molecule has 1 unspecified atom stereocenters. The van der Waals surface area contributed by atoms with Crippen LogP contribution in [-0.2, 0) is 4.74 Å². The molecule has 0 aromatic heterocycles. The van der Waals surface area contributed by atoms with Crippen molar-refractivity contribution < 1.29 is 14.6 Å². The molecule has 0 heterocycles. The number of carbonyl (C=O) groups excluding carboxylic acids is 1. The van der Waals surface area contributed by atoms with Crippen molar-refractivity contribution in [2.45, 2.75) is 6.10 Å². The first-order valence-corrected chi connectivity index (χ1v) is 4.84. The number of ether oxygens (including phenoxy) is 1. The fourth-order valence-corrected chi connectivity index (χ4v) is 1.14. The van der Waals surface area contributed by atoms with Crippen LogP contribution >= 0.6 is 0 Å². The maximum Gasteiger partial charge on any atom is 0.337 e. The molecule has 1 aromatic rings. The minimum absolute atomic E-state index is 0.360. The molecular formula is C13H14O3. The number of esters is 1. The molecule has 1 aromatic carbocycles. The Balaban J connectivity index is 2.75. The second kappa shape index (κ2) is 5.88. The zero-order chi connectivity index (χ0) is 12.0. The van der Waals surface area contributed by atoms with Crippen LogP contribution in [0.25, 0.3) is 6.08 Å². The molecule has 1 rings (SSSR count). The van der Waals surface area contributed by atoms with Crippen molar-refractivity contribution in [3.05, 3.63) is 54.1 Å². The van der Waals surface area contributed by atoms with Gasteiger partial charge in [-0.15, -0.1) is 6.58 Å². The van der Waals surface area contributed by atoms with E-state index in [0.29, 0.717) is 5.56 Å². The monoisotopic (exact) mass is 218 g/mol. The van der Waals surface area contributed by atoms with Crippen LogP contribution in [0.3, 0.4) is 0 Å². The second-order valence-corrected chi connectivity index (χ2v) is 3.20. The second-order valence-electron chi connectivity index (χ2n) is 3.20. The van der Waals surface area contributed by atoms with Crippen molar-refractivity contribution in [2.75, 3.05) is 7.11 Å². The summed E-state index contributed by atoms with van der Waals surface area (Å²) in [6.07, 6.45) is 4.15. The first-order chi connectivity index (χ1) is 7.67. The van der Waals surface area contributed by atoms with Gasteiger partial charge >= 0.3 is 5.97 Å². The topological polar surface area (TPSA) is 46.5 Å². The summed E-state index contributed by atoms with van der Waals surface area (Å²) in [5.74, 6) is -0.360. The van der Waals surface area contributed by atoms with Crippen LogP contribution < -0.4 is 0 Å². The summed E-state index contributed by atoms with van der Waals surface area (Å²) in [6, 6.07) is 6.90. The van der Waals surface area contributed by atoms with Gasteiger partial charge in [-0.05, 0) is 17.7 Å². The van der Waals surface area contributed by atoms with Gasteiger partial charge in [-0.2, -0.15) is 0 Å². The summed E-state index contributed by atoms with van der Waals surface area (Å²) < 4.78 is 4.58. The third-order valence-electron chi connectivity index (χ3n) is 2.06. The van der Waals surface area contributed by atoms with E-state index in [4.69, 9.17) is 0 Å². The van der Waals surface area contributed by atoms with Crippen LogP contribution in [0.15, 0.2) is 43.0 Å². The highest BCUT2D eigenvalue weighted by Gasteiger charge is 2.02. The van der Waals surface area contributed by atoms with Crippen LogP contribution in [0.4, 0.5) is 0 Å². The van der Waals surface area contributed by atoms with E-state index in [1.165, 1.54) is 13.2 Å². The number of benzene rings is 1. The highest BCUT2D eigenvalue weighted by molar-refractivity contribution is 5.89. The predicted molar refractivity (Wildman–Crippen MR) is 63.0 cm³/mol. The normalized spacial score (nSPS) is 12.4. The summed E-state index contributed by atoms with van der Waals surface area (Å²) in [6.45, 7) is 3.46. The van der Waals surface area contributed by atoms with Gasteiger partial charge in [0.2, 0.25) is 0 Å². The SMILES string of the molecule is C=CC(O)/C=C/c1ccc(C(=O)OC)cc1. The summed E-state index contributed by atoms with van der Waals surface area (Å²) in [5, 5.41) is 9.22. The van der Waals surface area contributed by atoms with E-state index in [-0.39, 0.29) is 5.97 Å². The van der Waals surface area contributed by atoms with Gasteiger partial charge in [0.05, 0.1) is 18.8 Å². The molecule has 0 amide bonds. The molecule has 0 saturated carbocycles. The Morgan fingerprint density at radius 2 is 2.06 bits per heavy atom. The molecule has 16 heavy (non-hydrogen) atoms. The Morgan fingerprint density at radius 1 is 1.44 bits per heavy atom. The maximum absolute atomic E-state index is 11.1. The highest BCUT2D eigenvalue weighted by atomic mass is 16.5. The number of aliphatic hydroxyl groups excluding tert-OH is 1. The minimum atomic E-state index is -0.653. The van der Waals surface area contributed by atoms with Gasteiger partial charge in [0.1, 0.15) is 0 Å². The van der Waals surface area contributed by atoms with E-state index in [9.17, 15) is 9.90 Å². The third-order valence-corrected chi connectivity index (χ3v) is 2.06. The van der Waals surface area contributed by atoms with Gasteiger partial charge in [-0.3, -0.25) is 0 Å². The number of rotatable bonds is 4. The number of hydrogen-bond acceptors (Lipinski definition) is 3. The average molecular weight is 218 g/mol. The lowest BCUT2D eigenvalue weighted by molar-refractivity contribution is 0.0600. The molecule has 0 spiro atoms. The summed E-state index contributed by atoms with van der Waals surface area (Å²) in [5.41, 5.74) is 1.40. The minimum Gasteiger partial charge on any atom is -0.465 e. The van der Waals surface area contributed by atoms with Crippen molar-refractivity contribution in [1.82, 2.24) is 0 Å². The zero-order valence-corrected chi connectivity index (χ0v) is 9.09. The molecule has 0 radical (unpaired) electrons. The molecule has 1 N–H and O–H groups in total. The molecule has 3 nitrogen and oxygen atoms in total. The summed E-state index contributed by atoms with van der Waals surface area (Å²) in [4.78, 5) is 11.1. The number of carbonyl (C=O) groups is 1. The maximum atomic E-state index is 11.1. The van der Waals surface area contributed by atoms with E-state index < -0.39 is 6.10 Å². The number of aliphatic hydroxyl groups is 1. The molecule has 84 valence electrons. The van der Waals surface area contributed by atoms with E-state index in [1.807, 2.05) is 0 Å². The smallest absolute Gasteiger partial charge is 0.337 e. The van der Waals surface area contributed by atoms with Gasteiger partial charge in [0.15, 0.2) is 0 Å². The van der Waals surface area contributed by atoms with Gasteiger partial charge in [-0.25, -0.2) is 4.79 Å². The lowest BCUT2D eigenvalue weighted by Crippen LogP contribution is -2.00. The van der Waals surface area contributed by atoms with Gasteiger partial charge < -0.3 is 9.84 Å². The van der Waals surface area contributed by atoms with Gasteiger partial charge in [0.25, 0.3) is 0 Å². The van der Waals surface area contributed by atoms with Crippen LogP contribution in [-0.4, -0.2) is 24.3 Å². The molecule has 0 bridgehead atoms. The van der Waals surface area contributed by atoms with Crippen molar-refractivity contribution in [1.29, 1.82) is 0 Å². The van der Waals surface area contributed by atoms with Gasteiger partial charge in [-0.1, -0.05) is 30.4 Å². The van der Waals surface area contributed by atoms with Crippen LogP contribution in [0, 0.1) is 0 Å². The molecule has 0 aliphatic rings. The largest absolute Gasteiger partial charge is 0.465 e. The van der Waals surface area contributed by atoms with E-state index in [1.54, 1.807) is 36.4 Å². The predicted octanol–water partition coefficient (Wildman–Crippen LogP) is 2.03. The zero-order valence-electron chi connectivity index (χ0n) is 9.09. The van der Waals surface area contributed by atoms with E-state index >= 15 is 0 Å². The third kappa shape index (κ3) is 3.37. The molecule has 0 aliphatic carbocycles. The van der Waals surface area contributed by atoms with Crippen molar-refractivity contribution in [2.24, 2.45) is 0 Å². The fourth-order valence-electron chi connectivity index (χ4n) is 1.14. The highest BCUT2D eigenvalue weighted by Crippen LogP contribution is 2.07. The van der Waals surface area contributed by atoms with Crippen molar-refractivity contribution >= 4 is 12.0 Å². The first-order valence-electron chi connectivity index (χ1n) is 4.84. The number of hydrogen-bond donors (Lipinski definition) is 1. The standard InChI is InChI=1S/C13H14O3/c1-3-12(14)9-6-10-4-7-11(8-5-10)13(15)16-2/h3-9,12,14H,1H2,2H3/b9-6+. The molecule has 1 atom stereocenters. The molecule has 0 aliphatic heterocycles. The average Bonchev–Trinajstić information content (AvgIpc) is 2.35. The molecule has 3 heteroatoms. The van der Waals surface area contributed by atoms with Crippen LogP contribution in [0.2, 0.25) is 0 Å². The molecular weight excluding hydrogens is 204 g/mol. The van der Waals surface area contributed by atoms with Crippen LogP contribution in [0.1, 0.15) is 15.9 Å². The Hall–Kier alpha value is -1.87. The van der Waals surface area contributed by atoms with Crippen molar-refractivity contribution in [3.8, 4) is 0 Å². The van der Waals surface area contributed by atoms with Crippen molar-refractivity contribution in [3.63, 3.8) is 0 Å². The fraction of sp³-hybridized carbons (Fsp3) is 0.154. The number of methoxy groups -OCH3 is 1. The Labute approximate surface area is 94.7 Å². The Morgan fingerprint density at radius 3 is 2.56 bits per heavy atom. The molecule has 0 saturated heterocycles. The lowest BCUT2D eigenvalue weighted by Gasteiger charge is -2.00. The first kappa shape index (κ1) is 12.2. The van der Waals surface area contributed by atoms with E-state index in [0.717, 1.165) is 5.56 Å². The Bertz CT molecular complexity index is 390. The van der Waals surface area contributed by atoms with E-state index in [2.05, 4.69) is 11.3 Å². The van der Waals surface area contributed by atoms with Gasteiger partial charge in [0, 0.05) is 0 Å². The molecule has 0 fully saturated rings. The quantitative estimate of drug-likeness (QED) is 0.621. The summed E-state index contributed by atoms with van der Waals surface area (Å²) in [7, 11) is 1.34. The Kier molecular flexibility index (Phi) is 4.48. The lowest BCUT2D eigenvalue weighted by atomic mass is 10.1. The summed E-state index contributed by atoms with van der Waals surface area (Å²) >= 11 is 0.